The lowest BCUT2D eigenvalue weighted by molar-refractivity contribution is -0.136. The van der Waals surface area contributed by atoms with Crippen molar-refractivity contribution in [1.82, 2.24) is 0 Å². The van der Waals surface area contributed by atoms with E-state index in [0.717, 1.165) is 0 Å². The van der Waals surface area contributed by atoms with Crippen LogP contribution in [0.3, 0.4) is 0 Å². The lowest BCUT2D eigenvalue weighted by atomic mass is 9.90. The number of rotatable bonds is 1. The van der Waals surface area contributed by atoms with Crippen LogP contribution in [0.15, 0.2) is 0 Å². The van der Waals surface area contributed by atoms with Gasteiger partial charge in [0.25, 0.3) is 5.97 Å². The molecule has 0 bridgehead atoms. The molecular weight excluding hydrogens is 78.8 g/mol. The Hall–Kier alpha value is -0.465. The lowest BCUT2D eigenvalue weighted by Gasteiger charge is -1.88. The minimum Gasteiger partial charge on any atom is -0.482 e. The van der Waals surface area contributed by atoms with Crippen molar-refractivity contribution >= 4 is 13.8 Å². The van der Waals surface area contributed by atoms with Crippen LogP contribution in [0.5, 0.6) is 0 Å². The normalized spacial score (nSPS) is 13.5. The summed E-state index contributed by atoms with van der Waals surface area (Å²) in [6, 6.07) is 0. The zero-order chi connectivity index (χ0) is 5.15. The molecule has 0 heterocycles. The molecule has 6 heavy (non-hydrogen) atoms. The van der Waals surface area contributed by atoms with Crippen LogP contribution < -0.4 is 0 Å². The maximum atomic E-state index is 9.70. The first-order valence-electron chi connectivity index (χ1n) is 1.87. The zero-order valence-electron chi connectivity index (χ0n) is 3.93. The third-order valence-electron chi connectivity index (χ3n) is 0.494. The van der Waals surface area contributed by atoms with Crippen molar-refractivity contribution in [3.05, 3.63) is 0 Å². The van der Waals surface area contributed by atoms with Crippen LogP contribution in [0.25, 0.3) is 0 Å². The fourth-order valence-electron chi connectivity index (χ4n) is 0. The molecule has 0 aromatic rings. The van der Waals surface area contributed by atoms with E-state index in [1.54, 1.807) is 14.8 Å². The van der Waals surface area contributed by atoms with E-state index < -0.39 is 5.97 Å². The maximum Gasteiger partial charge on any atom is 0.298 e. The van der Waals surface area contributed by atoms with Gasteiger partial charge in [-0.3, -0.25) is 4.79 Å². The van der Waals surface area contributed by atoms with Crippen LogP contribution in [0.2, 0.25) is 5.82 Å². The average Bonchev–Trinajstić information content (AvgIpc) is 1.36. The highest BCUT2D eigenvalue weighted by atomic mass is 16.4. The Bertz CT molecular complexity index is 59.8. The maximum absolute atomic E-state index is 9.70. The summed E-state index contributed by atoms with van der Waals surface area (Å²) in [7, 11) is 1.64. The van der Waals surface area contributed by atoms with Gasteiger partial charge in [0.15, 0.2) is 0 Å². The average molecular weight is 85.9 g/mol. The zero-order valence-corrected chi connectivity index (χ0v) is 3.93. The van der Waals surface area contributed by atoms with E-state index in [4.69, 9.17) is 5.11 Å². The van der Waals surface area contributed by atoms with Gasteiger partial charge in [-0.25, -0.2) is 0 Å². The van der Waals surface area contributed by atoms with Crippen LogP contribution in [0, 0.1) is 0 Å². The number of carbonyl (C=O) groups is 1. The largest absolute Gasteiger partial charge is 0.482 e. The van der Waals surface area contributed by atoms with E-state index in [-0.39, 0.29) is 5.82 Å². The Morgan fingerprint density at radius 3 is 2.17 bits per heavy atom. The first-order valence-corrected chi connectivity index (χ1v) is 1.87. The molecule has 0 aromatic heterocycles. The molecule has 0 aliphatic carbocycles. The predicted molar refractivity (Wildman–Crippen MR) is 25.6 cm³/mol. The summed E-state index contributed by atoms with van der Waals surface area (Å²) in [5, 5.41) is 7.99. The standard InChI is InChI=1S/C3H7BO2/c1-2(4)3(5)6/h2H,4H2,1H3,(H,5,6). The smallest absolute Gasteiger partial charge is 0.298 e. The number of carboxylic acids is 1. The molecular formula is C3H7BO2. The van der Waals surface area contributed by atoms with Gasteiger partial charge >= 0.3 is 0 Å². The van der Waals surface area contributed by atoms with Gasteiger partial charge < -0.3 is 5.11 Å². The fraction of sp³-hybridized carbons (Fsp3) is 0.667. The highest BCUT2D eigenvalue weighted by Gasteiger charge is 1.99. The van der Waals surface area contributed by atoms with Crippen molar-refractivity contribution in [3.63, 3.8) is 0 Å². The molecule has 1 atom stereocenters. The Labute approximate surface area is 37.6 Å². The van der Waals surface area contributed by atoms with Gasteiger partial charge in [0, 0.05) is 5.82 Å². The van der Waals surface area contributed by atoms with Crippen molar-refractivity contribution in [2.75, 3.05) is 0 Å². The second kappa shape index (κ2) is 1.85. The van der Waals surface area contributed by atoms with Crippen molar-refractivity contribution < 1.29 is 9.90 Å². The van der Waals surface area contributed by atoms with Crippen LogP contribution in [-0.4, -0.2) is 18.9 Å². The minimum absolute atomic E-state index is 0.231. The molecule has 0 saturated heterocycles. The first-order chi connectivity index (χ1) is 2.64. The van der Waals surface area contributed by atoms with Gasteiger partial charge in [-0.2, -0.15) is 0 Å². The summed E-state index contributed by atoms with van der Waals surface area (Å²) in [5.41, 5.74) is 0. The first kappa shape index (κ1) is 5.53. The Balaban J connectivity index is 3.26. The quantitative estimate of drug-likeness (QED) is 0.437. The van der Waals surface area contributed by atoms with E-state index >= 15 is 0 Å². The van der Waals surface area contributed by atoms with Crippen molar-refractivity contribution in [2.45, 2.75) is 12.7 Å². The Morgan fingerprint density at radius 2 is 2.17 bits per heavy atom. The Kier molecular flexibility index (Phi) is 1.71. The van der Waals surface area contributed by atoms with Crippen molar-refractivity contribution in [3.8, 4) is 0 Å². The second-order valence-electron chi connectivity index (χ2n) is 1.49. The number of hydrogen-bond donors (Lipinski definition) is 1. The van der Waals surface area contributed by atoms with Crippen LogP contribution in [0.1, 0.15) is 6.92 Å². The lowest BCUT2D eigenvalue weighted by Crippen LogP contribution is -2.01. The van der Waals surface area contributed by atoms with Gasteiger partial charge in [0.2, 0.25) is 0 Å². The molecule has 0 radical (unpaired) electrons. The number of hydrogen-bond acceptors (Lipinski definition) is 1. The Morgan fingerprint density at radius 1 is 2.00 bits per heavy atom. The van der Waals surface area contributed by atoms with E-state index in [1.165, 1.54) is 0 Å². The van der Waals surface area contributed by atoms with Gasteiger partial charge in [-0.05, 0) is 0 Å². The molecule has 0 amide bonds. The molecule has 34 valence electrons. The molecule has 0 fully saturated rings. The fourth-order valence-corrected chi connectivity index (χ4v) is 0. The van der Waals surface area contributed by atoms with E-state index in [9.17, 15) is 4.79 Å². The summed E-state index contributed by atoms with van der Waals surface area (Å²) in [5.74, 6) is -0.972. The van der Waals surface area contributed by atoms with Crippen molar-refractivity contribution in [2.24, 2.45) is 0 Å². The topological polar surface area (TPSA) is 37.3 Å². The number of carboxylic acid groups (broad SMARTS) is 1. The van der Waals surface area contributed by atoms with Gasteiger partial charge in [-0.15, -0.1) is 0 Å². The van der Waals surface area contributed by atoms with Gasteiger partial charge in [-0.1, -0.05) is 6.92 Å². The van der Waals surface area contributed by atoms with Crippen LogP contribution in [-0.2, 0) is 4.79 Å². The van der Waals surface area contributed by atoms with Gasteiger partial charge in [0.1, 0.15) is 7.85 Å². The SMILES string of the molecule is BC(C)C(=O)O. The monoisotopic (exact) mass is 86.1 g/mol. The molecule has 0 aliphatic rings. The predicted octanol–water partition coefficient (Wildman–Crippen LogP) is -0.488. The minimum atomic E-state index is -0.741. The third kappa shape index (κ3) is 1.82. The summed E-state index contributed by atoms with van der Waals surface area (Å²) >= 11 is 0. The van der Waals surface area contributed by atoms with Gasteiger partial charge in [0.05, 0.1) is 0 Å². The molecule has 1 N–H and O–H groups in total. The summed E-state index contributed by atoms with van der Waals surface area (Å²) in [6.07, 6.45) is 0. The summed E-state index contributed by atoms with van der Waals surface area (Å²) in [4.78, 5) is 9.70. The second-order valence-corrected chi connectivity index (χ2v) is 1.49. The number of aliphatic carboxylic acids is 1. The molecule has 0 rings (SSSR count). The summed E-state index contributed by atoms with van der Waals surface area (Å²) in [6.45, 7) is 1.64. The van der Waals surface area contributed by atoms with Crippen LogP contribution >= 0.6 is 0 Å². The molecule has 3 heteroatoms. The van der Waals surface area contributed by atoms with Crippen molar-refractivity contribution in [1.29, 1.82) is 0 Å². The molecule has 0 spiro atoms. The van der Waals surface area contributed by atoms with E-state index in [0.29, 0.717) is 0 Å². The van der Waals surface area contributed by atoms with Crippen LogP contribution in [0.4, 0.5) is 0 Å². The van der Waals surface area contributed by atoms with E-state index in [2.05, 4.69) is 0 Å². The highest BCUT2D eigenvalue weighted by molar-refractivity contribution is 6.21. The van der Waals surface area contributed by atoms with E-state index in [1.807, 2.05) is 0 Å². The molecule has 0 aromatic carbocycles. The third-order valence-corrected chi connectivity index (χ3v) is 0.494. The summed E-state index contributed by atoms with van der Waals surface area (Å²) < 4.78 is 0. The molecule has 2 nitrogen and oxygen atoms in total. The molecule has 0 saturated carbocycles. The molecule has 0 aliphatic heterocycles. The highest BCUT2D eigenvalue weighted by Crippen LogP contribution is 1.90. The molecule has 1 unspecified atom stereocenters.